The molecule has 1 aromatic heterocycles. The lowest BCUT2D eigenvalue weighted by Gasteiger charge is -2.32. The fourth-order valence-corrected chi connectivity index (χ4v) is 3.54. The number of carbonyl (C=O) groups excluding carboxylic acids is 1. The largest absolute Gasteiger partial charge is 0.494 e. The minimum Gasteiger partial charge on any atom is -0.399 e. The van der Waals surface area contributed by atoms with Crippen LogP contribution in [0, 0.1) is 5.82 Å². The zero-order chi connectivity index (χ0) is 21.2. The van der Waals surface area contributed by atoms with Gasteiger partial charge in [0, 0.05) is 31.6 Å². The second-order valence-electron chi connectivity index (χ2n) is 8.74. The van der Waals surface area contributed by atoms with E-state index in [1.165, 1.54) is 17.0 Å². The van der Waals surface area contributed by atoms with Gasteiger partial charge in [0.25, 0.3) is 5.91 Å². The van der Waals surface area contributed by atoms with Crippen molar-refractivity contribution in [2.75, 3.05) is 13.6 Å². The standard InChI is InChI=1S/C20H24BFN2O5/c1-18(2)19(3,4)29-21(28-18)12-6-7-14(22)13(10-12)15-11-16(27-23-15)20(26)8-9-24(5)17(20)25/h6-7,10-11,26H,8-9H2,1-5H3/t20-/m1/s1. The molecule has 1 atom stereocenters. The highest BCUT2D eigenvalue weighted by atomic mass is 19.1. The molecule has 2 aliphatic heterocycles. The number of hydrogen-bond acceptors (Lipinski definition) is 6. The Morgan fingerprint density at radius 3 is 2.41 bits per heavy atom. The zero-order valence-corrected chi connectivity index (χ0v) is 17.2. The second kappa shape index (κ2) is 6.39. The van der Waals surface area contributed by atoms with Crippen molar-refractivity contribution in [3.8, 4) is 11.3 Å². The average Bonchev–Trinajstić information content (AvgIpc) is 3.29. The van der Waals surface area contributed by atoms with Crippen LogP contribution in [0.4, 0.5) is 4.39 Å². The van der Waals surface area contributed by atoms with E-state index in [1.807, 2.05) is 27.7 Å². The van der Waals surface area contributed by atoms with Crippen LogP contribution >= 0.6 is 0 Å². The van der Waals surface area contributed by atoms with Crippen LogP contribution < -0.4 is 5.46 Å². The number of rotatable bonds is 3. The van der Waals surface area contributed by atoms with Gasteiger partial charge in [0.1, 0.15) is 11.5 Å². The number of hydrogen-bond donors (Lipinski definition) is 1. The maximum absolute atomic E-state index is 14.6. The third kappa shape index (κ3) is 3.08. The summed E-state index contributed by atoms with van der Waals surface area (Å²) < 4.78 is 31.9. The maximum Gasteiger partial charge on any atom is 0.494 e. The molecule has 154 valence electrons. The van der Waals surface area contributed by atoms with Gasteiger partial charge in [-0.2, -0.15) is 0 Å². The first-order valence-electron chi connectivity index (χ1n) is 9.55. The first-order valence-corrected chi connectivity index (χ1v) is 9.55. The van der Waals surface area contributed by atoms with E-state index in [4.69, 9.17) is 13.8 Å². The van der Waals surface area contributed by atoms with Gasteiger partial charge in [0.2, 0.25) is 5.60 Å². The summed E-state index contributed by atoms with van der Waals surface area (Å²) in [5.41, 5.74) is -1.82. The molecule has 7 nitrogen and oxygen atoms in total. The number of benzene rings is 1. The Kier molecular flexibility index (Phi) is 4.42. The topological polar surface area (TPSA) is 85.0 Å². The fraction of sp³-hybridized carbons (Fsp3) is 0.500. The summed E-state index contributed by atoms with van der Waals surface area (Å²) in [6, 6.07) is 5.91. The third-order valence-corrected chi connectivity index (χ3v) is 6.22. The highest BCUT2D eigenvalue weighted by Crippen LogP contribution is 2.37. The van der Waals surface area contributed by atoms with Gasteiger partial charge in [-0.05, 0) is 45.3 Å². The zero-order valence-electron chi connectivity index (χ0n) is 17.2. The first kappa shape index (κ1) is 20.1. The molecule has 2 saturated heterocycles. The van der Waals surface area contributed by atoms with E-state index in [1.54, 1.807) is 19.2 Å². The summed E-state index contributed by atoms with van der Waals surface area (Å²) >= 11 is 0. The SMILES string of the molecule is CN1CC[C@@](O)(c2cc(-c3cc(B4OC(C)(C)C(C)(C)O4)ccc3F)no2)C1=O. The van der Waals surface area contributed by atoms with Crippen LogP contribution in [0.5, 0.6) is 0 Å². The Hall–Kier alpha value is -2.23. The number of nitrogens with zero attached hydrogens (tertiary/aromatic N) is 2. The molecule has 3 heterocycles. The summed E-state index contributed by atoms with van der Waals surface area (Å²) in [6.07, 6.45) is 0.188. The van der Waals surface area contributed by atoms with E-state index in [9.17, 15) is 14.3 Å². The summed E-state index contributed by atoms with van der Waals surface area (Å²) in [7, 11) is 0.950. The van der Waals surface area contributed by atoms with Crippen molar-refractivity contribution >= 4 is 18.5 Å². The Morgan fingerprint density at radius 1 is 1.17 bits per heavy atom. The Morgan fingerprint density at radius 2 is 1.83 bits per heavy atom. The maximum atomic E-state index is 14.6. The molecular weight excluding hydrogens is 378 g/mol. The summed E-state index contributed by atoms with van der Waals surface area (Å²) in [5.74, 6) is -0.971. The van der Waals surface area contributed by atoms with E-state index in [0.717, 1.165) is 0 Å². The predicted molar refractivity (Wildman–Crippen MR) is 104 cm³/mol. The van der Waals surface area contributed by atoms with E-state index >= 15 is 0 Å². The lowest BCUT2D eigenvalue weighted by atomic mass is 9.78. The van der Waals surface area contributed by atoms with Crippen LogP contribution in [-0.2, 0) is 19.7 Å². The van der Waals surface area contributed by atoms with Crippen molar-refractivity contribution in [3.05, 3.63) is 35.8 Å². The van der Waals surface area contributed by atoms with Gasteiger partial charge in [-0.1, -0.05) is 11.2 Å². The molecule has 0 radical (unpaired) electrons. The van der Waals surface area contributed by atoms with Crippen molar-refractivity contribution in [2.45, 2.75) is 50.9 Å². The average molecular weight is 402 g/mol. The Bertz CT molecular complexity index is 960. The van der Waals surface area contributed by atoms with Crippen molar-refractivity contribution in [1.29, 1.82) is 0 Å². The molecule has 0 bridgehead atoms. The molecular formula is C20H24BFN2O5. The van der Waals surface area contributed by atoms with Crippen LogP contribution in [0.2, 0.25) is 0 Å². The molecule has 9 heteroatoms. The van der Waals surface area contributed by atoms with E-state index in [0.29, 0.717) is 12.0 Å². The molecule has 0 aliphatic carbocycles. The van der Waals surface area contributed by atoms with Crippen molar-refractivity contribution < 1.29 is 28.1 Å². The van der Waals surface area contributed by atoms with Gasteiger partial charge in [-0.25, -0.2) is 4.39 Å². The van der Waals surface area contributed by atoms with Gasteiger partial charge in [0.05, 0.1) is 11.2 Å². The molecule has 2 aliphatic rings. The quantitative estimate of drug-likeness (QED) is 0.789. The second-order valence-corrected chi connectivity index (χ2v) is 8.74. The van der Waals surface area contributed by atoms with Crippen LogP contribution in [0.3, 0.4) is 0 Å². The molecule has 4 rings (SSSR count). The highest BCUT2D eigenvalue weighted by Gasteiger charge is 2.52. The minimum atomic E-state index is -1.78. The Labute approximate surface area is 168 Å². The Balaban J connectivity index is 1.67. The molecule has 2 aromatic rings. The molecule has 0 saturated carbocycles. The predicted octanol–water partition coefficient (Wildman–Crippen LogP) is 1.83. The third-order valence-electron chi connectivity index (χ3n) is 6.22. The summed E-state index contributed by atoms with van der Waals surface area (Å²) in [6.45, 7) is 8.17. The molecule has 29 heavy (non-hydrogen) atoms. The number of carbonyl (C=O) groups is 1. The van der Waals surface area contributed by atoms with Gasteiger partial charge in [-0.3, -0.25) is 4.79 Å². The molecule has 0 spiro atoms. The number of aromatic nitrogens is 1. The molecule has 1 aromatic carbocycles. The van der Waals surface area contributed by atoms with E-state index in [2.05, 4.69) is 5.16 Å². The molecule has 1 amide bonds. The normalized spacial score (nSPS) is 25.8. The van der Waals surface area contributed by atoms with Crippen molar-refractivity contribution in [3.63, 3.8) is 0 Å². The first-order chi connectivity index (χ1) is 13.4. The lowest BCUT2D eigenvalue weighted by Crippen LogP contribution is -2.41. The summed E-state index contributed by atoms with van der Waals surface area (Å²) in [4.78, 5) is 13.7. The molecule has 0 unspecified atom stereocenters. The molecule has 2 fully saturated rings. The number of likely N-dealkylation sites (tertiary alicyclic amines) is 1. The van der Waals surface area contributed by atoms with Gasteiger partial charge < -0.3 is 23.8 Å². The van der Waals surface area contributed by atoms with Crippen LogP contribution in [0.25, 0.3) is 11.3 Å². The smallest absolute Gasteiger partial charge is 0.399 e. The van der Waals surface area contributed by atoms with Crippen molar-refractivity contribution in [1.82, 2.24) is 10.1 Å². The van der Waals surface area contributed by atoms with Gasteiger partial charge in [0.15, 0.2) is 5.76 Å². The highest BCUT2D eigenvalue weighted by molar-refractivity contribution is 6.62. The fourth-order valence-electron chi connectivity index (χ4n) is 3.54. The number of halogens is 1. The van der Waals surface area contributed by atoms with Crippen LogP contribution in [0.15, 0.2) is 28.8 Å². The lowest BCUT2D eigenvalue weighted by molar-refractivity contribution is -0.144. The van der Waals surface area contributed by atoms with Gasteiger partial charge >= 0.3 is 7.12 Å². The van der Waals surface area contributed by atoms with Crippen molar-refractivity contribution in [2.24, 2.45) is 0 Å². The number of aliphatic hydroxyl groups is 1. The van der Waals surface area contributed by atoms with E-state index < -0.39 is 35.6 Å². The van der Waals surface area contributed by atoms with Crippen LogP contribution in [-0.4, -0.2) is 53.0 Å². The number of likely N-dealkylation sites (N-methyl/N-ethyl adjacent to an activating group) is 1. The number of amides is 1. The van der Waals surface area contributed by atoms with Crippen LogP contribution in [0.1, 0.15) is 39.9 Å². The van der Waals surface area contributed by atoms with E-state index in [-0.39, 0.29) is 23.4 Å². The van der Waals surface area contributed by atoms with Gasteiger partial charge in [-0.15, -0.1) is 0 Å². The minimum absolute atomic E-state index is 0.00212. The monoisotopic (exact) mass is 402 g/mol. The summed E-state index contributed by atoms with van der Waals surface area (Å²) in [5, 5.41) is 14.6. The molecule has 1 N–H and O–H groups in total.